The number of rotatable bonds is 3. The first-order chi connectivity index (χ1) is 13.3. The van der Waals surface area contributed by atoms with E-state index in [-0.39, 0.29) is 5.56 Å². The van der Waals surface area contributed by atoms with Gasteiger partial charge in [-0.3, -0.25) is 14.3 Å². The maximum atomic E-state index is 12.6. The molecule has 27 heavy (non-hydrogen) atoms. The topological polar surface area (TPSA) is 76.5 Å². The summed E-state index contributed by atoms with van der Waals surface area (Å²) in [5.74, 6) is 0. The normalized spacial score (nSPS) is 11.3. The van der Waals surface area contributed by atoms with Crippen molar-refractivity contribution in [1.29, 1.82) is 0 Å². The third-order valence-corrected chi connectivity index (χ3v) is 4.67. The lowest BCUT2D eigenvalue weighted by Crippen LogP contribution is -2.21. The molecule has 0 aliphatic rings. The maximum Gasteiger partial charge on any atom is 0.261 e. The van der Waals surface area contributed by atoms with Crippen LogP contribution in [0.15, 0.2) is 78.4 Å². The van der Waals surface area contributed by atoms with E-state index in [1.54, 1.807) is 29.4 Å². The molecule has 0 bridgehead atoms. The van der Waals surface area contributed by atoms with Crippen molar-refractivity contribution < 1.29 is 0 Å². The minimum absolute atomic E-state index is 0.0615. The summed E-state index contributed by atoms with van der Waals surface area (Å²) in [6, 6.07) is 14.0. The fraction of sp³-hybridized carbons (Fsp3) is 0.0476. The Morgan fingerprint density at radius 1 is 0.963 bits per heavy atom. The minimum Gasteiger partial charge on any atom is -0.346 e. The van der Waals surface area contributed by atoms with Crippen LogP contribution in [0.1, 0.15) is 5.56 Å². The quantitative estimate of drug-likeness (QED) is 0.539. The van der Waals surface area contributed by atoms with Gasteiger partial charge in [0.2, 0.25) is 0 Å². The molecule has 0 spiro atoms. The number of fused-ring (bicyclic) bond motifs is 2. The number of aromatic nitrogens is 5. The van der Waals surface area contributed by atoms with Crippen molar-refractivity contribution in [3.63, 3.8) is 0 Å². The van der Waals surface area contributed by atoms with Crippen molar-refractivity contribution in [2.24, 2.45) is 0 Å². The number of hydrogen-bond donors (Lipinski definition) is 1. The summed E-state index contributed by atoms with van der Waals surface area (Å²) in [6.07, 6.45) is 8.53. The summed E-state index contributed by atoms with van der Waals surface area (Å²) in [6.45, 7) is 0.472. The van der Waals surface area contributed by atoms with Gasteiger partial charge in [0, 0.05) is 29.5 Å². The SMILES string of the molecule is O=c1c2ccncc2ncn1Cc1ccc(-c2cnc3[nH]ccc3c2)cc1. The van der Waals surface area contributed by atoms with E-state index in [0.717, 1.165) is 27.7 Å². The molecule has 4 aromatic heterocycles. The van der Waals surface area contributed by atoms with E-state index in [9.17, 15) is 4.79 Å². The first-order valence-corrected chi connectivity index (χ1v) is 8.59. The Balaban J connectivity index is 1.45. The average Bonchev–Trinajstić information content (AvgIpc) is 3.19. The van der Waals surface area contributed by atoms with Crippen LogP contribution in [-0.4, -0.2) is 24.5 Å². The van der Waals surface area contributed by atoms with Gasteiger partial charge in [-0.25, -0.2) is 9.97 Å². The Morgan fingerprint density at radius 3 is 2.74 bits per heavy atom. The fourth-order valence-corrected chi connectivity index (χ4v) is 3.22. The molecule has 0 aliphatic carbocycles. The van der Waals surface area contributed by atoms with E-state index in [2.05, 4.69) is 26.0 Å². The lowest BCUT2D eigenvalue weighted by molar-refractivity contribution is 0.748. The third kappa shape index (κ3) is 2.77. The molecule has 0 aliphatic heterocycles. The van der Waals surface area contributed by atoms with Gasteiger partial charge in [-0.1, -0.05) is 24.3 Å². The summed E-state index contributed by atoms with van der Waals surface area (Å²) in [7, 11) is 0. The second kappa shape index (κ2) is 6.17. The summed E-state index contributed by atoms with van der Waals surface area (Å²) < 4.78 is 1.62. The molecular formula is C21H15N5O. The predicted molar refractivity (Wildman–Crippen MR) is 104 cm³/mol. The number of hydrogen-bond acceptors (Lipinski definition) is 4. The number of benzene rings is 1. The molecule has 0 amide bonds. The molecule has 5 rings (SSSR count). The van der Waals surface area contributed by atoms with E-state index in [0.29, 0.717) is 17.4 Å². The van der Waals surface area contributed by atoms with Gasteiger partial charge < -0.3 is 4.98 Å². The van der Waals surface area contributed by atoms with Gasteiger partial charge in [0.1, 0.15) is 5.65 Å². The molecule has 0 atom stereocenters. The Hall–Kier alpha value is -3.80. The zero-order valence-electron chi connectivity index (χ0n) is 14.3. The molecular weight excluding hydrogens is 338 g/mol. The second-order valence-electron chi connectivity index (χ2n) is 6.41. The lowest BCUT2D eigenvalue weighted by atomic mass is 10.0. The van der Waals surface area contributed by atoms with Crippen molar-refractivity contribution in [1.82, 2.24) is 24.5 Å². The number of pyridine rings is 2. The molecule has 6 nitrogen and oxygen atoms in total. The van der Waals surface area contributed by atoms with Crippen LogP contribution < -0.4 is 5.56 Å². The third-order valence-electron chi connectivity index (χ3n) is 4.67. The molecule has 0 saturated heterocycles. The van der Waals surface area contributed by atoms with Gasteiger partial charge in [-0.05, 0) is 29.3 Å². The molecule has 1 N–H and O–H groups in total. The molecule has 1 aromatic carbocycles. The van der Waals surface area contributed by atoms with Crippen LogP contribution in [0.4, 0.5) is 0 Å². The standard InChI is InChI=1S/C21H15N5O/c27-21-18-6-7-22-11-19(18)25-13-26(21)12-14-1-3-15(4-2-14)17-9-16-5-8-23-20(16)24-10-17/h1-11,13H,12H2,(H,23,24). The molecule has 0 radical (unpaired) electrons. The molecule has 130 valence electrons. The van der Waals surface area contributed by atoms with Crippen LogP contribution in [-0.2, 0) is 6.54 Å². The van der Waals surface area contributed by atoms with Gasteiger partial charge in [0.25, 0.3) is 5.56 Å². The summed E-state index contributed by atoms with van der Waals surface area (Å²) in [5, 5.41) is 1.66. The summed E-state index contributed by atoms with van der Waals surface area (Å²) in [5.41, 5.74) is 4.62. The highest BCUT2D eigenvalue weighted by molar-refractivity contribution is 5.81. The van der Waals surface area contributed by atoms with Gasteiger partial charge in [0.05, 0.1) is 30.0 Å². The summed E-state index contributed by atoms with van der Waals surface area (Å²) in [4.78, 5) is 28.5. The predicted octanol–water partition coefficient (Wildman–Crippen LogP) is 3.38. The van der Waals surface area contributed by atoms with Crippen molar-refractivity contribution in [3.8, 4) is 11.1 Å². The average molecular weight is 353 g/mol. The van der Waals surface area contributed by atoms with Crippen molar-refractivity contribution in [2.45, 2.75) is 6.54 Å². The van der Waals surface area contributed by atoms with Crippen LogP contribution >= 0.6 is 0 Å². The van der Waals surface area contributed by atoms with Gasteiger partial charge in [-0.15, -0.1) is 0 Å². The van der Waals surface area contributed by atoms with E-state index < -0.39 is 0 Å². The minimum atomic E-state index is -0.0615. The van der Waals surface area contributed by atoms with Crippen molar-refractivity contribution in [3.05, 3.63) is 89.5 Å². The van der Waals surface area contributed by atoms with Crippen LogP contribution in [0.3, 0.4) is 0 Å². The van der Waals surface area contributed by atoms with E-state index in [1.807, 2.05) is 42.7 Å². The molecule has 0 fully saturated rings. The largest absolute Gasteiger partial charge is 0.346 e. The zero-order chi connectivity index (χ0) is 18.2. The highest BCUT2D eigenvalue weighted by Crippen LogP contribution is 2.22. The van der Waals surface area contributed by atoms with Crippen LogP contribution in [0.2, 0.25) is 0 Å². The molecule has 4 heterocycles. The Kier molecular flexibility index (Phi) is 3.53. The monoisotopic (exact) mass is 353 g/mol. The van der Waals surface area contributed by atoms with Gasteiger partial charge in [0.15, 0.2) is 0 Å². The zero-order valence-corrected chi connectivity index (χ0v) is 14.3. The van der Waals surface area contributed by atoms with Crippen LogP contribution in [0, 0.1) is 0 Å². The first-order valence-electron chi connectivity index (χ1n) is 8.59. The van der Waals surface area contributed by atoms with E-state index >= 15 is 0 Å². The molecule has 6 heteroatoms. The number of H-pyrrole nitrogens is 1. The van der Waals surface area contributed by atoms with Crippen molar-refractivity contribution in [2.75, 3.05) is 0 Å². The molecule has 0 unspecified atom stereocenters. The first kappa shape index (κ1) is 15.5. The Morgan fingerprint density at radius 2 is 1.85 bits per heavy atom. The number of nitrogens with one attached hydrogen (secondary N) is 1. The maximum absolute atomic E-state index is 12.6. The number of nitrogens with zero attached hydrogens (tertiary/aromatic N) is 4. The molecule has 5 aromatic rings. The lowest BCUT2D eigenvalue weighted by Gasteiger charge is -2.08. The van der Waals surface area contributed by atoms with Gasteiger partial charge in [-0.2, -0.15) is 0 Å². The van der Waals surface area contributed by atoms with E-state index in [4.69, 9.17) is 0 Å². The highest BCUT2D eigenvalue weighted by Gasteiger charge is 2.06. The smallest absolute Gasteiger partial charge is 0.261 e. The Bertz CT molecular complexity index is 1320. The van der Waals surface area contributed by atoms with Gasteiger partial charge >= 0.3 is 0 Å². The Labute approximate surface area is 154 Å². The van der Waals surface area contributed by atoms with Crippen LogP contribution in [0.25, 0.3) is 33.1 Å². The second-order valence-corrected chi connectivity index (χ2v) is 6.41. The highest BCUT2D eigenvalue weighted by atomic mass is 16.1. The van der Waals surface area contributed by atoms with E-state index in [1.165, 1.54) is 0 Å². The number of aromatic amines is 1. The van der Waals surface area contributed by atoms with Crippen molar-refractivity contribution >= 4 is 21.9 Å². The molecule has 0 saturated carbocycles. The summed E-state index contributed by atoms with van der Waals surface area (Å²) >= 11 is 0. The fourth-order valence-electron chi connectivity index (χ4n) is 3.22. The van der Waals surface area contributed by atoms with Crippen LogP contribution in [0.5, 0.6) is 0 Å².